The molecule has 2 aromatic heterocycles. The van der Waals surface area contributed by atoms with Crippen molar-refractivity contribution in [2.75, 3.05) is 0 Å². The summed E-state index contributed by atoms with van der Waals surface area (Å²) >= 11 is 1.83. The molecule has 0 unspecified atom stereocenters. The fraction of sp³-hybridized carbons (Fsp3) is 0. The molecule has 9 rings (SSSR count). The average molecular weight is 527 g/mol. The minimum absolute atomic E-state index is 0.912. The summed E-state index contributed by atoms with van der Waals surface area (Å²) in [5.41, 5.74) is 4.58. The Hall–Kier alpha value is -4.92. The summed E-state index contributed by atoms with van der Waals surface area (Å²) < 4.78 is 9.26. The van der Waals surface area contributed by atoms with Crippen LogP contribution in [0.3, 0.4) is 0 Å². The number of hydrogen-bond acceptors (Lipinski definition) is 2. The average Bonchev–Trinajstić information content (AvgIpc) is 3.58. The Morgan fingerprint density at radius 3 is 1.77 bits per heavy atom. The van der Waals surface area contributed by atoms with Gasteiger partial charge in [0.2, 0.25) is 0 Å². The van der Waals surface area contributed by atoms with Crippen LogP contribution in [0.1, 0.15) is 0 Å². The molecular formula is C38H22OS. The highest BCUT2D eigenvalue weighted by atomic mass is 32.1. The zero-order valence-electron chi connectivity index (χ0n) is 21.5. The van der Waals surface area contributed by atoms with Gasteiger partial charge < -0.3 is 4.42 Å². The Balaban J connectivity index is 1.35. The number of furan rings is 1. The Kier molecular flexibility index (Phi) is 4.55. The number of thiophene rings is 1. The smallest absolute Gasteiger partial charge is 0.136 e. The van der Waals surface area contributed by atoms with Gasteiger partial charge in [-0.25, -0.2) is 0 Å². The van der Waals surface area contributed by atoms with Crippen molar-refractivity contribution in [3.63, 3.8) is 0 Å². The Morgan fingerprint density at radius 2 is 1.02 bits per heavy atom. The van der Waals surface area contributed by atoms with Gasteiger partial charge in [0.25, 0.3) is 0 Å². The second kappa shape index (κ2) is 8.29. The monoisotopic (exact) mass is 526 g/mol. The molecular weight excluding hydrogens is 504 g/mol. The Labute approximate surface area is 234 Å². The van der Waals surface area contributed by atoms with Crippen LogP contribution >= 0.6 is 11.3 Å². The van der Waals surface area contributed by atoms with Crippen molar-refractivity contribution in [2.24, 2.45) is 0 Å². The van der Waals surface area contributed by atoms with Crippen molar-refractivity contribution in [2.45, 2.75) is 0 Å². The molecule has 0 amide bonds. The summed E-state index contributed by atoms with van der Waals surface area (Å²) in [5, 5.41) is 11.1. The van der Waals surface area contributed by atoms with Crippen molar-refractivity contribution in [1.82, 2.24) is 0 Å². The van der Waals surface area contributed by atoms with E-state index < -0.39 is 0 Å². The fourth-order valence-corrected chi connectivity index (χ4v) is 7.55. The quantitative estimate of drug-likeness (QED) is 0.204. The summed E-state index contributed by atoms with van der Waals surface area (Å²) in [5.74, 6) is 0.912. The molecule has 7 aromatic carbocycles. The molecule has 0 aliphatic carbocycles. The van der Waals surface area contributed by atoms with Crippen molar-refractivity contribution >= 4 is 74.8 Å². The largest absolute Gasteiger partial charge is 0.456 e. The molecule has 0 saturated heterocycles. The first-order valence-electron chi connectivity index (χ1n) is 13.6. The van der Waals surface area contributed by atoms with Gasteiger partial charge in [-0.05, 0) is 73.8 Å². The van der Waals surface area contributed by atoms with E-state index in [9.17, 15) is 0 Å². The maximum Gasteiger partial charge on any atom is 0.136 e. The standard InChI is InChI=1S/C38H22OS/c1-2-10-24-19-25(18-17-23(24)9-1)37-28-12-3-5-14-30(28)38(31-15-6-4-13-29(31)37)34-21-26-20-32-27-11-7-8-16-35(27)40-36(32)22-33(26)39-34/h1-22H. The highest BCUT2D eigenvalue weighted by molar-refractivity contribution is 7.25. The van der Waals surface area contributed by atoms with Crippen LogP contribution in [0.4, 0.5) is 0 Å². The third-order valence-electron chi connectivity index (χ3n) is 8.23. The molecule has 2 heteroatoms. The molecule has 2 heterocycles. The molecule has 40 heavy (non-hydrogen) atoms. The number of rotatable bonds is 2. The van der Waals surface area contributed by atoms with Gasteiger partial charge in [0, 0.05) is 31.1 Å². The number of benzene rings is 7. The number of hydrogen-bond donors (Lipinski definition) is 0. The predicted octanol–water partition coefficient (Wildman–Crippen LogP) is 11.6. The van der Waals surface area contributed by atoms with E-state index in [0.717, 1.165) is 22.3 Å². The lowest BCUT2D eigenvalue weighted by Gasteiger charge is -2.16. The van der Waals surface area contributed by atoms with Crippen LogP contribution in [0.15, 0.2) is 138 Å². The van der Waals surface area contributed by atoms with Gasteiger partial charge in [0.15, 0.2) is 0 Å². The SMILES string of the molecule is c1ccc2cc(-c3c4ccccc4c(-c4cc5cc6c(cc5o4)sc4ccccc46)c4ccccc34)ccc2c1. The summed E-state index contributed by atoms with van der Waals surface area (Å²) in [6.45, 7) is 0. The van der Waals surface area contributed by atoms with Crippen LogP contribution in [0.2, 0.25) is 0 Å². The van der Waals surface area contributed by atoms with Crippen molar-refractivity contribution in [3.8, 4) is 22.5 Å². The molecule has 0 bridgehead atoms. The number of fused-ring (bicyclic) bond motifs is 7. The van der Waals surface area contributed by atoms with Crippen LogP contribution < -0.4 is 0 Å². The van der Waals surface area contributed by atoms with E-state index in [0.29, 0.717) is 0 Å². The van der Waals surface area contributed by atoms with Crippen LogP contribution in [0, 0.1) is 0 Å². The molecule has 0 aliphatic heterocycles. The first-order valence-corrected chi connectivity index (χ1v) is 14.4. The highest BCUT2D eigenvalue weighted by Crippen LogP contribution is 2.46. The minimum Gasteiger partial charge on any atom is -0.456 e. The molecule has 0 saturated carbocycles. The fourth-order valence-electron chi connectivity index (χ4n) is 6.43. The molecule has 1 nitrogen and oxygen atoms in total. The van der Waals surface area contributed by atoms with Gasteiger partial charge in [-0.3, -0.25) is 0 Å². The highest BCUT2D eigenvalue weighted by Gasteiger charge is 2.19. The van der Waals surface area contributed by atoms with E-state index in [1.165, 1.54) is 63.6 Å². The molecule has 0 spiro atoms. The second-order valence-corrected chi connectivity index (χ2v) is 11.6. The van der Waals surface area contributed by atoms with Gasteiger partial charge in [-0.2, -0.15) is 0 Å². The summed E-state index contributed by atoms with van der Waals surface area (Å²) in [6, 6.07) is 48.3. The molecule has 0 atom stereocenters. The predicted molar refractivity (Wildman–Crippen MR) is 172 cm³/mol. The van der Waals surface area contributed by atoms with Gasteiger partial charge in [0.1, 0.15) is 11.3 Å². The first kappa shape index (κ1) is 22.0. The van der Waals surface area contributed by atoms with Crippen molar-refractivity contribution in [3.05, 3.63) is 133 Å². The topological polar surface area (TPSA) is 13.1 Å². The van der Waals surface area contributed by atoms with Crippen LogP contribution in [0.5, 0.6) is 0 Å². The van der Waals surface area contributed by atoms with E-state index in [2.05, 4.69) is 133 Å². The molecule has 9 aromatic rings. The lowest BCUT2D eigenvalue weighted by Crippen LogP contribution is -1.90. The van der Waals surface area contributed by atoms with Gasteiger partial charge in [-0.15, -0.1) is 11.3 Å². The molecule has 0 fully saturated rings. The van der Waals surface area contributed by atoms with Gasteiger partial charge >= 0.3 is 0 Å². The zero-order valence-corrected chi connectivity index (χ0v) is 22.3. The Morgan fingerprint density at radius 1 is 0.400 bits per heavy atom. The maximum atomic E-state index is 6.68. The van der Waals surface area contributed by atoms with E-state index in [1.54, 1.807) is 0 Å². The summed E-state index contributed by atoms with van der Waals surface area (Å²) in [7, 11) is 0. The van der Waals surface area contributed by atoms with Gasteiger partial charge in [-0.1, -0.05) is 103 Å². The zero-order chi connectivity index (χ0) is 26.2. The molecule has 0 N–H and O–H groups in total. The minimum atomic E-state index is 0.912. The van der Waals surface area contributed by atoms with E-state index >= 15 is 0 Å². The third kappa shape index (κ3) is 3.14. The lowest BCUT2D eigenvalue weighted by atomic mass is 9.87. The Bertz CT molecular complexity index is 2380. The van der Waals surface area contributed by atoms with Crippen LogP contribution in [0.25, 0.3) is 85.9 Å². The van der Waals surface area contributed by atoms with Crippen LogP contribution in [-0.4, -0.2) is 0 Å². The molecule has 186 valence electrons. The molecule has 0 radical (unpaired) electrons. The van der Waals surface area contributed by atoms with Crippen molar-refractivity contribution in [1.29, 1.82) is 0 Å². The van der Waals surface area contributed by atoms with E-state index in [4.69, 9.17) is 4.42 Å². The summed E-state index contributed by atoms with van der Waals surface area (Å²) in [4.78, 5) is 0. The maximum absolute atomic E-state index is 6.68. The van der Waals surface area contributed by atoms with Gasteiger partial charge in [0.05, 0.1) is 0 Å². The normalized spacial score (nSPS) is 12.0. The lowest BCUT2D eigenvalue weighted by molar-refractivity contribution is 0.633. The summed E-state index contributed by atoms with van der Waals surface area (Å²) in [6.07, 6.45) is 0. The van der Waals surface area contributed by atoms with Crippen LogP contribution in [-0.2, 0) is 0 Å². The first-order chi connectivity index (χ1) is 19.8. The van der Waals surface area contributed by atoms with E-state index in [1.807, 2.05) is 11.3 Å². The second-order valence-electron chi connectivity index (χ2n) is 10.5. The van der Waals surface area contributed by atoms with Crippen molar-refractivity contribution < 1.29 is 4.42 Å². The third-order valence-corrected chi connectivity index (χ3v) is 9.37. The molecule has 0 aliphatic rings. The van der Waals surface area contributed by atoms with E-state index in [-0.39, 0.29) is 0 Å².